The number of ether oxygens (including phenoxy) is 1. The Morgan fingerprint density at radius 3 is 2.30 bits per heavy atom. The van der Waals surface area contributed by atoms with Crippen molar-refractivity contribution in [3.8, 4) is 0 Å². The molecule has 0 unspecified atom stereocenters. The fourth-order valence-electron chi connectivity index (χ4n) is 2.00. The average molecular weight is 347 g/mol. The number of carbonyl (C=O) groups is 2. The van der Waals surface area contributed by atoms with E-state index in [1.54, 1.807) is 6.92 Å². The van der Waals surface area contributed by atoms with Gasteiger partial charge < -0.3 is 14.3 Å². The molecule has 2 N–H and O–H groups in total. The number of methoxy groups -OCH3 is 1. The lowest BCUT2D eigenvalue weighted by Crippen LogP contribution is -2.41. The third-order valence-electron chi connectivity index (χ3n) is 3.81. The molecule has 1 aromatic rings. The van der Waals surface area contributed by atoms with Crippen molar-refractivity contribution >= 4 is 22.0 Å². The maximum Gasteiger partial charge on any atom is 0.342 e. The van der Waals surface area contributed by atoms with Gasteiger partial charge >= 0.3 is 11.9 Å². The van der Waals surface area contributed by atoms with E-state index in [1.807, 2.05) is 0 Å². The Labute approximate surface area is 134 Å². The molecule has 130 valence electrons. The molecule has 9 heteroatoms. The highest BCUT2D eigenvalue weighted by Gasteiger charge is 2.36. The number of carbonyl (C=O) groups excluding carboxylic acids is 1. The van der Waals surface area contributed by atoms with Crippen LogP contribution in [0.1, 0.15) is 42.1 Å². The van der Waals surface area contributed by atoms with Gasteiger partial charge in [-0.05, 0) is 27.2 Å². The summed E-state index contributed by atoms with van der Waals surface area (Å²) in [5.41, 5.74) is -1.45. The van der Waals surface area contributed by atoms with Gasteiger partial charge in [0.2, 0.25) is 10.0 Å². The lowest BCUT2D eigenvalue weighted by atomic mass is 9.88. The molecule has 0 amide bonds. The van der Waals surface area contributed by atoms with Gasteiger partial charge in [-0.2, -0.15) is 0 Å². The van der Waals surface area contributed by atoms with Gasteiger partial charge in [0.25, 0.3) is 0 Å². The first-order chi connectivity index (χ1) is 10.5. The minimum absolute atomic E-state index is 0.0314. The summed E-state index contributed by atoms with van der Waals surface area (Å²) in [4.78, 5) is 22.8. The zero-order valence-corrected chi connectivity index (χ0v) is 14.5. The molecule has 0 radical (unpaired) electrons. The number of nitrogens with one attached hydrogen (secondary N) is 1. The van der Waals surface area contributed by atoms with Crippen molar-refractivity contribution in [2.75, 3.05) is 13.7 Å². The second-order valence-corrected chi connectivity index (χ2v) is 7.16. The van der Waals surface area contributed by atoms with Crippen LogP contribution in [0.2, 0.25) is 0 Å². The van der Waals surface area contributed by atoms with Crippen LogP contribution in [0.4, 0.5) is 0 Å². The normalized spacial score (nSPS) is 14.3. The van der Waals surface area contributed by atoms with Gasteiger partial charge in [0.05, 0.1) is 12.5 Å². The van der Waals surface area contributed by atoms with E-state index in [4.69, 9.17) is 4.42 Å². The first-order valence-corrected chi connectivity index (χ1v) is 8.39. The van der Waals surface area contributed by atoms with E-state index >= 15 is 0 Å². The molecular weight excluding hydrogens is 326 g/mol. The SMILES string of the molecule is CC[C@](C)(CNS(=O)(=O)c1c(C)oc(C)c1C(=O)OC)C(=O)O. The number of aryl methyl sites for hydroxylation is 2. The monoisotopic (exact) mass is 347 g/mol. The van der Waals surface area contributed by atoms with Gasteiger partial charge in [0.1, 0.15) is 22.0 Å². The maximum atomic E-state index is 12.5. The number of hydrogen-bond acceptors (Lipinski definition) is 6. The van der Waals surface area contributed by atoms with Crippen LogP contribution in [0, 0.1) is 19.3 Å². The van der Waals surface area contributed by atoms with Crippen molar-refractivity contribution in [1.82, 2.24) is 4.72 Å². The topological polar surface area (TPSA) is 123 Å². The largest absolute Gasteiger partial charge is 0.481 e. The predicted molar refractivity (Wildman–Crippen MR) is 80.7 cm³/mol. The average Bonchev–Trinajstić information content (AvgIpc) is 2.79. The number of carboxylic acid groups (broad SMARTS) is 1. The van der Waals surface area contributed by atoms with Crippen LogP contribution >= 0.6 is 0 Å². The van der Waals surface area contributed by atoms with Gasteiger partial charge in [-0.1, -0.05) is 6.92 Å². The quantitative estimate of drug-likeness (QED) is 0.716. The first-order valence-electron chi connectivity index (χ1n) is 6.91. The van der Waals surface area contributed by atoms with E-state index in [2.05, 4.69) is 9.46 Å². The third-order valence-corrected chi connectivity index (χ3v) is 5.37. The number of aliphatic carboxylic acids is 1. The standard InChI is InChI=1S/C14H21NO7S/c1-6-14(4,13(17)18)7-15-23(19,20)11-9(3)22-8(2)10(11)12(16)21-5/h15H,6-7H2,1-5H3,(H,17,18)/t14-/m1/s1. The number of carboxylic acids is 1. The van der Waals surface area contributed by atoms with Crippen LogP contribution in [0.25, 0.3) is 0 Å². The van der Waals surface area contributed by atoms with Crippen LogP contribution in [0.15, 0.2) is 9.31 Å². The number of hydrogen-bond donors (Lipinski definition) is 2. The predicted octanol–water partition coefficient (Wildman–Crippen LogP) is 1.46. The fraction of sp³-hybridized carbons (Fsp3) is 0.571. The van der Waals surface area contributed by atoms with E-state index in [0.717, 1.165) is 7.11 Å². The molecule has 0 aliphatic heterocycles. The number of esters is 1. The Kier molecular flexibility index (Phi) is 5.60. The summed E-state index contributed by atoms with van der Waals surface area (Å²) in [6, 6.07) is 0. The summed E-state index contributed by atoms with van der Waals surface area (Å²) in [5, 5.41) is 9.21. The van der Waals surface area contributed by atoms with E-state index in [-0.39, 0.29) is 34.9 Å². The Morgan fingerprint density at radius 1 is 1.30 bits per heavy atom. The second kappa shape index (κ2) is 6.71. The van der Waals surface area contributed by atoms with Gasteiger partial charge in [-0.3, -0.25) is 4.79 Å². The molecule has 1 atom stereocenters. The third kappa shape index (κ3) is 3.73. The van der Waals surface area contributed by atoms with E-state index < -0.39 is 27.4 Å². The lowest BCUT2D eigenvalue weighted by Gasteiger charge is -2.23. The molecule has 0 bridgehead atoms. The molecule has 0 aliphatic carbocycles. The second-order valence-electron chi connectivity index (χ2n) is 5.45. The summed E-state index contributed by atoms with van der Waals surface area (Å²) >= 11 is 0. The van der Waals surface area contributed by atoms with Gasteiger partial charge in [0.15, 0.2) is 0 Å². The summed E-state index contributed by atoms with van der Waals surface area (Å²) in [6.07, 6.45) is 0.234. The molecule has 1 aromatic heterocycles. The van der Waals surface area contributed by atoms with E-state index in [0.29, 0.717) is 0 Å². The number of sulfonamides is 1. The highest BCUT2D eigenvalue weighted by Crippen LogP contribution is 2.28. The minimum Gasteiger partial charge on any atom is -0.481 e. The Bertz CT molecular complexity index is 720. The van der Waals surface area contributed by atoms with Crippen molar-refractivity contribution in [2.45, 2.75) is 39.0 Å². The van der Waals surface area contributed by atoms with Crippen molar-refractivity contribution in [3.63, 3.8) is 0 Å². The van der Waals surface area contributed by atoms with Crippen LogP contribution in [0.5, 0.6) is 0 Å². The zero-order valence-electron chi connectivity index (χ0n) is 13.7. The molecule has 0 fully saturated rings. The fourth-order valence-corrected chi connectivity index (χ4v) is 3.57. The molecule has 1 rings (SSSR count). The highest BCUT2D eigenvalue weighted by molar-refractivity contribution is 7.89. The van der Waals surface area contributed by atoms with Crippen molar-refractivity contribution in [1.29, 1.82) is 0 Å². The van der Waals surface area contributed by atoms with E-state index in [9.17, 15) is 23.1 Å². The van der Waals surface area contributed by atoms with Crippen molar-refractivity contribution in [2.24, 2.45) is 5.41 Å². The Balaban J connectivity index is 3.25. The molecule has 0 aromatic carbocycles. The van der Waals surface area contributed by atoms with Crippen molar-refractivity contribution < 1.29 is 32.3 Å². The smallest absolute Gasteiger partial charge is 0.342 e. The summed E-state index contributed by atoms with van der Waals surface area (Å²) in [7, 11) is -3.01. The van der Waals surface area contributed by atoms with Crippen LogP contribution < -0.4 is 4.72 Å². The van der Waals surface area contributed by atoms with Crippen molar-refractivity contribution in [3.05, 3.63) is 17.1 Å². The number of furan rings is 1. The molecule has 0 aliphatic rings. The van der Waals surface area contributed by atoms with Gasteiger partial charge in [-0.15, -0.1) is 0 Å². The van der Waals surface area contributed by atoms with Crippen LogP contribution in [-0.4, -0.2) is 39.1 Å². The molecule has 0 spiro atoms. The van der Waals surface area contributed by atoms with Crippen LogP contribution in [-0.2, 0) is 19.6 Å². The first kappa shape index (κ1) is 19.2. The molecule has 0 saturated carbocycles. The molecular formula is C14H21NO7S. The molecule has 0 saturated heterocycles. The van der Waals surface area contributed by atoms with Gasteiger partial charge in [0, 0.05) is 6.54 Å². The maximum absolute atomic E-state index is 12.5. The lowest BCUT2D eigenvalue weighted by molar-refractivity contribution is -0.147. The zero-order chi connectivity index (χ0) is 18.0. The summed E-state index contributed by atoms with van der Waals surface area (Å²) < 4.78 is 37.1. The van der Waals surface area contributed by atoms with E-state index in [1.165, 1.54) is 20.8 Å². The Morgan fingerprint density at radius 2 is 1.87 bits per heavy atom. The minimum atomic E-state index is -4.14. The highest BCUT2D eigenvalue weighted by atomic mass is 32.2. The Hall–Kier alpha value is -1.87. The number of rotatable bonds is 7. The molecule has 1 heterocycles. The molecule has 8 nitrogen and oxygen atoms in total. The summed E-state index contributed by atoms with van der Waals surface area (Å²) in [6.45, 7) is 5.63. The summed E-state index contributed by atoms with van der Waals surface area (Å²) in [5.74, 6) is -1.80. The van der Waals surface area contributed by atoms with Crippen LogP contribution in [0.3, 0.4) is 0 Å². The van der Waals surface area contributed by atoms with Gasteiger partial charge in [-0.25, -0.2) is 17.9 Å². The molecule has 23 heavy (non-hydrogen) atoms.